The van der Waals surface area contributed by atoms with Crippen LogP contribution < -0.4 is 9.64 Å². The summed E-state index contributed by atoms with van der Waals surface area (Å²) in [6.45, 7) is -0.427. The molecule has 2 saturated heterocycles. The average molecular weight is 539 g/mol. The number of halogens is 5. The van der Waals surface area contributed by atoms with Crippen LogP contribution in [-0.4, -0.2) is 48.9 Å². The second-order valence-electron chi connectivity index (χ2n) is 7.37. The second-order valence-corrected chi connectivity index (χ2v) is 11.6. The predicted octanol–water partition coefficient (Wildman–Crippen LogP) is 4.69. The highest BCUT2D eigenvalue weighted by molar-refractivity contribution is 8.16. The monoisotopic (exact) mass is 538 g/mol. The number of anilines is 1. The van der Waals surface area contributed by atoms with E-state index in [2.05, 4.69) is 4.99 Å². The van der Waals surface area contributed by atoms with Gasteiger partial charge in [-0.15, -0.1) is 0 Å². The van der Waals surface area contributed by atoms with Gasteiger partial charge >= 0.3 is 6.18 Å². The molecule has 2 aromatic carbocycles. The van der Waals surface area contributed by atoms with Crippen molar-refractivity contribution in [3.8, 4) is 5.75 Å². The quantitative estimate of drug-likeness (QED) is 0.561. The van der Waals surface area contributed by atoms with E-state index in [0.29, 0.717) is 10.8 Å². The Morgan fingerprint density at radius 1 is 1.15 bits per heavy atom. The summed E-state index contributed by atoms with van der Waals surface area (Å²) in [4.78, 5) is 17.8. The van der Waals surface area contributed by atoms with Crippen LogP contribution in [0.1, 0.15) is 5.56 Å². The van der Waals surface area contributed by atoms with Gasteiger partial charge in [0.05, 0.1) is 33.8 Å². The molecule has 33 heavy (non-hydrogen) atoms. The molecule has 2 aliphatic rings. The smallest absolute Gasteiger partial charge is 0.416 e. The fraction of sp³-hybridized carbons (Fsp3) is 0.300. The Morgan fingerprint density at radius 2 is 1.85 bits per heavy atom. The summed E-state index contributed by atoms with van der Waals surface area (Å²) in [6.07, 6.45) is -4.63. The van der Waals surface area contributed by atoms with Crippen molar-refractivity contribution in [2.45, 2.75) is 17.5 Å². The van der Waals surface area contributed by atoms with Gasteiger partial charge in [-0.2, -0.15) is 18.2 Å². The average Bonchev–Trinajstić information content (AvgIpc) is 3.18. The number of amides is 1. The van der Waals surface area contributed by atoms with Crippen LogP contribution in [0, 0.1) is 0 Å². The van der Waals surface area contributed by atoms with Gasteiger partial charge in [-0.3, -0.25) is 4.79 Å². The van der Waals surface area contributed by atoms with Crippen LogP contribution >= 0.6 is 35.0 Å². The Hall–Kier alpha value is -1.95. The molecule has 0 saturated carbocycles. The van der Waals surface area contributed by atoms with Gasteiger partial charge in [0.15, 0.2) is 21.6 Å². The Balaban J connectivity index is 1.64. The molecule has 2 fully saturated rings. The maximum absolute atomic E-state index is 13.3. The van der Waals surface area contributed by atoms with Gasteiger partial charge in [0.25, 0.3) is 5.91 Å². The first-order valence-corrected chi connectivity index (χ1v) is 12.9. The minimum absolute atomic E-state index is 0.0221. The van der Waals surface area contributed by atoms with Gasteiger partial charge in [-0.1, -0.05) is 35.0 Å². The number of sulfone groups is 1. The van der Waals surface area contributed by atoms with E-state index in [-0.39, 0.29) is 27.4 Å². The van der Waals surface area contributed by atoms with Crippen LogP contribution in [0.5, 0.6) is 5.75 Å². The lowest BCUT2D eigenvalue weighted by Crippen LogP contribution is -2.38. The molecule has 0 unspecified atom stereocenters. The van der Waals surface area contributed by atoms with Gasteiger partial charge in [-0.05, 0) is 42.5 Å². The summed E-state index contributed by atoms with van der Waals surface area (Å²) >= 11 is 13.0. The highest BCUT2D eigenvalue weighted by Crippen LogP contribution is 2.44. The third-order valence-electron chi connectivity index (χ3n) is 5.00. The minimum Gasteiger partial charge on any atom is -0.484 e. The predicted molar refractivity (Wildman–Crippen MR) is 122 cm³/mol. The number of rotatable bonds is 4. The largest absolute Gasteiger partial charge is 0.484 e. The molecular weight excluding hydrogens is 524 g/mol. The summed E-state index contributed by atoms with van der Waals surface area (Å²) in [7, 11) is -3.40. The normalized spacial score (nSPS) is 23.1. The van der Waals surface area contributed by atoms with Gasteiger partial charge in [0.2, 0.25) is 0 Å². The second kappa shape index (κ2) is 9.01. The third-order valence-corrected chi connectivity index (χ3v) is 8.78. The number of hydrogen-bond acceptors (Lipinski definition) is 5. The molecule has 0 N–H and O–H groups in total. The van der Waals surface area contributed by atoms with E-state index in [1.807, 2.05) is 0 Å². The summed E-state index contributed by atoms with van der Waals surface area (Å²) in [5.41, 5.74) is -1.01. The number of thioether (sulfide) groups is 1. The summed E-state index contributed by atoms with van der Waals surface area (Å²) in [6, 6.07) is 8.35. The number of carbonyl (C=O) groups excluding carboxylic acids is 1. The van der Waals surface area contributed by atoms with Crippen molar-refractivity contribution in [3.05, 3.63) is 58.1 Å². The van der Waals surface area contributed by atoms with E-state index in [1.54, 1.807) is 24.3 Å². The molecule has 0 bridgehead atoms. The SMILES string of the molecule is O=C(COc1ccc(Cl)cc1)N=C1S[C@H]2CS(=O)(=O)C[C@H]2N1c1cc(C(F)(F)F)ccc1Cl. The van der Waals surface area contributed by atoms with Gasteiger partial charge in [-0.25, -0.2) is 8.42 Å². The Bertz CT molecular complexity index is 1220. The number of amidine groups is 1. The fourth-order valence-electron chi connectivity index (χ4n) is 3.53. The standard InChI is InChI=1S/C20H15Cl2F3N2O4S2/c21-12-2-4-13(5-3-12)31-8-18(28)26-19-27(16-9-33(29,30)10-17(16)32-19)15-7-11(20(23,24)25)1-6-14(15)22/h1-7,16-17H,8-10H2/t16-,17+/m1/s1. The first-order valence-electron chi connectivity index (χ1n) is 9.46. The van der Waals surface area contributed by atoms with Crippen molar-refractivity contribution in [2.75, 3.05) is 23.0 Å². The lowest BCUT2D eigenvalue weighted by atomic mass is 10.1. The molecule has 1 amide bonds. The molecule has 0 spiro atoms. The molecule has 4 rings (SSSR count). The van der Waals surface area contributed by atoms with E-state index >= 15 is 0 Å². The topological polar surface area (TPSA) is 76.0 Å². The summed E-state index contributed by atoms with van der Waals surface area (Å²) < 4.78 is 69.6. The maximum atomic E-state index is 13.3. The molecule has 2 atom stereocenters. The fourth-order valence-corrected chi connectivity index (χ4v) is 7.79. The van der Waals surface area contributed by atoms with E-state index in [1.165, 1.54) is 4.90 Å². The molecule has 2 aliphatic heterocycles. The van der Waals surface area contributed by atoms with Crippen LogP contribution in [-0.2, 0) is 20.8 Å². The number of benzene rings is 2. The lowest BCUT2D eigenvalue weighted by Gasteiger charge is -2.26. The maximum Gasteiger partial charge on any atom is 0.416 e. The molecule has 0 aliphatic carbocycles. The molecule has 176 valence electrons. The number of hydrogen-bond donors (Lipinski definition) is 0. The molecule has 2 aromatic rings. The minimum atomic E-state index is -4.63. The molecule has 13 heteroatoms. The van der Waals surface area contributed by atoms with Crippen molar-refractivity contribution in [1.29, 1.82) is 0 Å². The van der Waals surface area contributed by atoms with Crippen molar-refractivity contribution >= 4 is 61.6 Å². The zero-order valence-electron chi connectivity index (χ0n) is 16.6. The van der Waals surface area contributed by atoms with Crippen LogP contribution in [0.4, 0.5) is 18.9 Å². The Morgan fingerprint density at radius 3 is 2.52 bits per heavy atom. The molecule has 0 radical (unpaired) electrons. The lowest BCUT2D eigenvalue weighted by molar-refractivity contribution is -0.137. The molecule has 2 heterocycles. The van der Waals surface area contributed by atoms with E-state index in [0.717, 1.165) is 30.0 Å². The molecular formula is C20H15Cl2F3N2O4S2. The summed E-state index contributed by atoms with van der Waals surface area (Å²) in [5.74, 6) is -0.772. The zero-order valence-corrected chi connectivity index (χ0v) is 19.7. The molecule has 0 aromatic heterocycles. The number of alkyl halides is 3. The van der Waals surface area contributed by atoms with Crippen LogP contribution in [0.3, 0.4) is 0 Å². The highest BCUT2D eigenvalue weighted by atomic mass is 35.5. The number of fused-ring (bicyclic) bond motifs is 1. The summed E-state index contributed by atoms with van der Waals surface area (Å²) in [5, 5.41) is 0.0488. The van der Waals surface area contributed by atoms with Crippen LogP contribution in [0.25, 0.3) is 0 Å². The van der Waals surface area contributed by atoms with E-state index < -0.39 is 45.4 Å². The van der Waals surface area contributed by atoms with E-state index in [4.69, 9.17) is 27.9 Å². The van der Waals surface area contributed by atoms with Crippen LogP contribution in [0.15, 0.2) is 47.5 Å². The number of nitrogens with zero attached hydrogens (tertiary/aromatic N) is 2. The number of aliphatic imine (C=N–C) groups is 1. The molecule has 6 nitrogen and oxygen atoms in total. The van der Waals surface area contributed by atoms with Gasteiger partial charge in [0.1, 0.15) is 5.75 Å². The number of carbonyl (C=O) groups is 1. The first-order chi connectivity index (χ1) is 15.4. The van der Waals surface area contributed by atoms with E-state index in [9.17, 15) is 26.4 Å². The highest BCUT2D eigenvalue weighted by Gasteiger charge is 2.50. The number of ether oxygens (including phenoxy) is 1. The van der Waals surface area contributed by atoms with Crippen molar-refractivity contribution < 1.29 is 31.1 Å². The van der Waals surface area contributed by atoms with Crippen LogP contribution in [0.2, 0.25) is 10.0 Å². The Kier molecular flexibility index (Phi) is 6.60. The van der Waals surface area contributed by atoms with Crippen molar-refractivity contribution in [2.24, 2.45) is 4.99 Å². The van der Waals surface area contributed by atoms with Gasteiger partial charge < -0.3 is 9.64 Å². The third kappa shape index (κ3) is 5.42. The van der Waals surface area contributed by atoms with Gasteiger partial charge in [0, 0.05) is 10.3 Å². The van der Waals surface area contributed by atoms with Crippen molar-refractivity contribution in [1.82, 2.24) is 0 Å². The Labute approximate surface area is 201 Å². The zero-order chi connectivity index (χ0) is 24.0. The van der Waals surface area contributed by atoms with Crippen molar-refractivity contribution in [3.63, 3.8) is 0 Å². The first kappa shape index (κ1) is 24.2.